The molecule has 2 aliphatic heterocycles. The summed E-state index contributed by atoms with van der Waals surface area (Å²) in [6.45, 7) is 3.95. The maximum atomic E-state index is 13.0. The van der Waals surface area contributed by atoms with Crippen LogP contribution in [0.1, 0.15) is 18.9 Å². The second-order valence-corrected chi connectivity index (χ2v) is 7.92. The van der Waals surface area contributed by atoms with Crippen LogP contribution in [0.4, 0.5) is 5.69 Å². The van der Waals surface area contributed by atoms with Crippen LogP contribution >= 0.6 is 0 Å². The van der Waals surface area contributed by atoms with Crippen molar-refractivity contribution in [2.45, 2.75) is 19.9 Å². The van der Waals surface area contributed by atoms with Crippen molar-refractivity contribution in [3.63, 3.8) is 0 Å². The number of likely N-dealkylation sites (tertiary alicyclic amines) is 1. The van der Waals surface area contributed by atoms with Gasteiger partial charge in [0.2, 0.25) is 17.7 Å². The fraction of sp³-hybridized carbons (Fsp3) is 0.375. The Hall–Kier alpha value is -3.55. The third kappa shape index (κ3) is 5.01. The van der Waals surface area contributed by atoms with Gasteiger partial charge in [-0.25, -0.2) is 0 Å². The van der Waals surface area contributed by atoms with E-state index in [0.717, 1.165) is 5.56 Å². The Labute approximate surface area is 187 Å². The Bertz CT molecular complexity index is 994. The number of likely N-dealkylation sites (N-methyl/N-ethyl adjacent to an activating group) is 1. The van der Waals surface area contributed by atoms with Gasteiger partial charge in [-0.1, -0.05) is 30.3 Å². The van der Waals surface area contributed by atoms with E-state index in [1.165, 1.54) is 4.90 Å². The van der Waals surface area contributed by atoms with Gasteiger partial charge in [0, 0.05) is 37.8 Å². The number of nitrogens with one attached hydrogen (secondary N) is 1. The van der Waals surface area contributed by atoms with Gasteiger partial charge in [0.25, 0.3) is 0 Å². The molecule has 1 fully saturated rings. The SMILES string of the molecule is CCN(CC(=O)Nc1ccc2c(c1)OCCO2)C(=O)[C@H]1CC(=O)N(Cc2ccccc2)C1. The molecule has 4 rings (SSSR count). The highest BCUT2D eigenvalue weighted by Crippen LogP contribution is 2.32. The summed E-state index contributed by atoms with van der Waals surface area (Å²) in [5, 5.41) is 2.81. The van der Waals surface area contributed by atoms with Gasteiger partial charge in [-0.05, 0) is 24.6 Å². The maximum Gasteiger partial charge on any atom is 0.243 e. The van der Waals surface area contributed by atoms with Crippen LogP contribution in [0, 0.1) is 5.92 Å². The fourth-order valence-electron chi connectivity index (χ4n) is 3.99. The monoisotopic (exact) mass is 437 g/mol. The number of benzene rings is 2. The van der Waals surface area contributed by atoms with Crippen LogP contribution in [0.5, 0.6) is 11.5 Å². The molecule has 0 bridgehead atoms. The largest absolute Gasteiger partial charge is 0.486 e. The van der Waals surface area contributed by atoms with E-state index >= 15 is 0 Å². The van der Waals surface area contributed by atoms with E-state index in [-0.39, 0.29) is 30.7 Å². The van der Waals surface area contributed by atoms with E-state index in [0.29, 0.717) is 50.0 Å². The van der Waals surface area contributed by atoms with Crippen LogP contribution < -0.4 is 14.8 Å². The first-order chi connectivity index (χ1) is 15.5. The lowest BCUT2D eigenvalue weighted by Crippen LogP contribution is -2.42. The first-order valence-electron chi connectivity index (χ1n) is 10.8. The molecule has 3 amide bonds. The Morgan fingerprint density at radius 3 is 2.59 bits per heavy atom. The Kier molecular flexibility index (Phi) is 6.58. The van der Waals surface area contributed by atoms with Crippen molar-refractivity contribution in [2.24, 2.45) is 5.92 Å². The molecule has 1 N–H and O–H groups in total. The van der Waals surface area contributed by atoms with Crippen LogP contribution in [0.2, 0.25) is 0 Å². The van der Waals surface area contributed by atoms with Gasteiger partial charge in [0.15, 0.2) is 11.5 Å². The third-order valence-corrected chi connectivity index (χ3v) is 5.63. The molecule has 1 atom stereocenters. The van der Waals surface area contributed by atoms with Crippen molar-refractivity contribution >= 4 is 23.4 Å². The molecule has 2 aromatic rings. The average molecular weight is 437 g/mol. The molecule has 2 heterocycles. The van der Waals surface area contributed by atoms with E-state index < -0.39 is 5.92 Å². The number of rotatable bonds is 7. The first-order valence-corrected chi connectivity index (χ1v) is 10.8. The fourth-order valence-corrected chi connectivity index (χ4v) is 3.99. The minimum Gasteiger partial charge on any atom is -0.486 e. The number of carbonyl (C=O) groups excluding carboxylic acids is 3. The minimum absolute atomic E-state index is 0.0380. The standard InChI is InChI=1S/C24H27N3O5/c1-2-26(16-22(28)25-19-8-9-20-21(13-19)32-11-10-31-20)24(30)18-12-23(29)27(15-18)14-17-6-4-3-5-7-17/h3-9,13,18H,2,10-12,14-16H2,1H3,(H,25,28)/t18-/m0/s1. The zero-order valence-corrected chi connectivity index (χ0v) is 18.1. The summed E-state index contributed by atoms with van der Waals surface area (Å²) in [7, 11) is 0. The average Bonchev–Trinajstić information content (AvgIpc) is 3.17. The van der Waals surface area contributed by atoms with Crippen molar-refractivity contribution in [2.75, 3.05) is 38.2 Å². The van der Waals surface area contributed by atoms with Crippen LogP contribution in [0.25, 0.3) is 0 Å². The number of anilines is 1. The summed E-state index contributed by atoms with van der Waals surface area (Å²) in [5.74, 6) is 0.277. The molecule has 8 nitrogen and oxygen atoms in total. The van der Waals surface area contributed by atoms with Crippen molar-refractivity contribution < 1.29 is 23.9 Å². The molecular weight excluding hydrogens is 410 g/mol. The van der Waals surface area contributed by atoms with Crippen molar-refractivity contribution in [1.82, 2.24) is 9.80 Å². The highest BCUT2D eigenvalue weighted by molar-refractivity contribution is 5.96. The van der Waals surface area contributed by atoms with Crippen LogP contribution in [-0.4, -0.2) is 60.4 Å². The van der Waals surface area contributed by atoms with Crippen molar-refractivity contribution in [1.29, 1.82) is 0 Å². The topological polar surface area (TPSA) is 88.2 Å². The lowest BCUT2D eigenvalue weighted by atomic mass is 10.1. The molecule has 2 aromatic carbocycles. The quantitative estimate of drug-likeness (QED) is 0.718. The molecule has 0 saturated carbocycles. The Morgan fingerprint density at radius 2 is 1.84 bits per heavy atom. The summed E-state index contributed by atoms with van der Waals surface area (Å²) in [6.07, 6.45) is 0.173. The Balaban J connectivity index is 1.33. The van der Waals surface area contributed by atoms with Crippen LogP contribution in [0.3, 0.4) is 0 Å². The second-order valence-electron chi connectivity index (χ2n) is 7.92. The zero-order valence-electron chi connectivity index (χ0n) is 18.1. The second kappa shape index (κ2) is 9.72. The minimum atomic E-state index is -0.437. The molecule has 0 radical (unpaired) electrons. The maximum absolute atomic E-state index is 13.0. The van der Waals surface area contributed by atoms with E-state index in [9.17, 15) is 14.4 Å². The van der Waals surface area contributed by atoms with E-state index in [1.54, 1.807) is 23.1 Å². The smallest absolute Gasteiger partial charge is 0.243 e. The third-order valence-electron chi connectivity index (χ3n) is 5.63. The number of ether oxygens (including phenoxy) is 2. The van der Waals surface area contributed by atoms with Gasteiger partial charge >= 0.3 is 0 Å². The van der Waals surface area contributed by atoms with Crippen molar-refractivity contribution in [3.8, 4) is 11.5 Å². The number of hydrogen-bond acceptors (Lipinski definition) is 5. The summed E-state index contributed by atoms with van der Waals surface area (Å²) >= 11 is 0. The normalized spacial score (nSPS) is 17.2. The molecule has 0 spiro atoms. The molecule has 8 heteroatoms. The molecule has 1 saturated heterocycles. The molecule has 2 aliphatic rings. The number of hydrogen-bond donors (Lipinski definition) is 1. The van der Waals surface area contributed by atoms with Crippen LogP contribution in [-0.2, 0) is 20.9 Å². The number of fused-ring (bicyclic) bond motifs is 1. The number of nitrogens with zero attached hydrogens (tertiary/aromatic N) is 2. The summed E-state index contributed by atoms with van der Waals surface area (Å²) in [5.41, 5.74) is 1.60. The molecular formula is C24H27N3O5. The summed E-state index contributed by atoms with van der Waals surface area (Å²) < 4.78 is 11.0. The van der Waals surface area contributed by atoms with Gasteiger partial charge in [-0.15, -0.1) is 0 Å². The van der Waals surface area contributed by atoms with Crippen molar-refractivity contribution in [3.05, 3.63) is 54.1 Å². The molecule has 0 aliphatic carbocycles. The highest BCUT2D eigenvalue weighted by atomic mass is 16.6. The van der Waals surface area contributed by atoms with Gasteiger partial charge in [-0.2, -0.15) is 0 Å². The van der Waals surface area contributed by atoms with Gasteiger partial charge < -0.3 is 24.6 Å². The number of amides is 3. The summed E-state index contributed by atoms with van der Waals surface area (Å²) in [4.78, 5) is 41.3. The predicted molar refractivity (Wildman–Crippen MR) is 118 cm³/mol. The highest BCUT2D eigenvalue weighted by Gasteiger charge is 2.36. The lowest BCUT2D eigenvalue weighted by Gasteiger charge is -2.24. The zero-order chi connectivity index (χ0) is 22.5. The number of carbonyl (C=O) groups is 3. The molecule has 0 unspecified atom stereocenters. The molecule has 0 aromatic heterocycles. The van der Waals surface area contributed by atoms with E-state index in [2.05, 4.69) is 5.32 Å². The van der Waals surface area contributed by atoms with Gasteiger partial charge in [-0.3, -0.25) is 14.4 Å². The van der Waals surface area contributed by atoms with E-state index in [1.807, 2.05) is 37.3 Å². The van der Waals surface area contributed by atoms with Gasteiger partial charge in [0.05, 0.1) is 12.5 Å². The Morgan fingerprint density at radius 1 is 1.09 bits per heavy atom. The van der Waals surface area contributed by atoms with E-state index in [4.69, 9.17) is 9.47 Å². The van der Waals surface area contributed by atoms with Gasteiger partial charge in [0.1, 0.15) is 13.2 Å². The molecule has 168 valence electrons. The first kappa shape index (κ1) is 21.7. The lowest BCUT2D eigenvalue weighted by molar-refractivity contribution is -0.138. The summed E-state index contributed by atoms with van der Waals surface area (Å²) in [6, 6.07) is 14.9. The van der Waals surface area contributed by atoms with Crippen LogP contribution in [0.15, 0.2) is 48.5 Å². The molecule has 32 heavy (non-hydrogen) atoms. The predicted octanol–water partition coefficient (Wildman–Crippen LogP) is 2.29.